The van der Waals surface area contributed by atoms with Gasteiger partial charge in [0.1, 0.15) is 0 Å². The van der Waals surface area contributed by atoms with E-state index in [0.717, 1.165) is 12.8 Å². The van der Waals surface area contributed by atoms with Crippen LogP contribution in [0, 0.1) is 0 Å². The van der Waals surface area contributed by atoms with Gasteiger partial charge in [0.2, 0.25) is 0 Å². The molecule has 0 aromatic carbocycles. The predicted molar refractivity (Wildman–Crippen MR) is 52.4 cm³/mol. The molecule has 1 aromatic heterocycles. The molecule has 0 fully saturated rings. The molecule has 0 saturated carbocycles. The zero-order valence-electron chi connectivity index (χ0n) is 7.94. The fourth-order valence-corrected chi connectivity index (χ4v) is 1.20. The first-order valence-corrected chi connectivity index (χ1v) is 4.46. The van der Waals surface area contributed by atoms with Gasteiger partial charge in [-0.2, -0.15) is 0 Å². The van der Waals surface area contributed by atoms with Crippen molar-refractivity contribution in [3.63, 3.8) is 0 Å². The number of ether oxygens (including phenoxy) is 1. The van der Waals surface area contributed by atoms with Crippen LogP contribution >= 0.6 is 0 Å². The summed E-state index contributed by atoms with van der Waals surface area (Å²) in [6.07, 6.45) is 5.57. The Balaban J connectivity index is 2.27. The van der Waals surface area contributed by atoms with Crippen LogP contribution in [0.3, 0.4) is 0 Å². The average molecular weight is 180 g/mol. The lowest BCUT2D eigenvalue weighted by Crippen LogP contribution is -2.26. The Hall–Kier alpha value is -0.930. The summed E-state index contributed by atoms with van der Waals surface area (Å²) in [6, 6.07) is 4.13. The Morgan fingerprint density at radius 1 is 1.62 bits per heavy atom. The van der Waals surface area contributed by atoms with Gasteiger partial charge in [-0.15, -0.1) is 0 Å². The first-order valence-electron chi connectivity index (χ1n) is 4.46. The molecule has 13 heavy (non-hydrogen) atoms. The van der Waals surface area contributed by atoms with Crippen molar-refractivity contribution in [2.24, 2.45) is 5.73 Å². The molecule has 1 unspecified atom stereocenters. The second kappa shape index (κ2) is 5.67. The van der Waals surface area contributed by atoms with Gasteiger partial charge in [0.15, 0.2) is 0 Å². The third kappa shape index (κ3) is 4.01. The van der Waals surface area contributed by atoms with Gasteiger partial charge in [0.05, 0.1) is 6.61 Å². The highest BCUT2D eigenvalue weighted by Crippen LogP contribution is 2.02. The Morgan fingerprint density at radius 2 is 2.46 bits per heavy atom. The topological polar surface area (TPSA) is 48.1 Å². The Bertz CT molecular complexity index is 226. The second-order valence-electron chi connectivity index (χ2n) is 3.12. The molecular weight excluding hydrogens is 164 g/mol. The average Bonchev–Trinajstić information content (AvgIpc) is 2.17. The minimum atomic E-state index is 0.130. The second-order valence-corrected chi connectivity index (χ2v) is 3.12. The fraction of sp³-hybridized carbons (Fsp3) is 0.500. The standard InChI is InChI=1S/C10H16N2O/c1-13-8-10(11)5-4-9-3-2-6-12-7-9/h2-3,6-7,10H,4-5,8,11H2,1H3. The highest BCUT2D eigenvalue weighted by Gasteiger charge is 2.01. The van der Waals surface area contributed by atoms with Crippen LogP contribution in [0.1, 0.15) is 12.0 Å². The van der Waals surface area contributed by atoms with E-state index in [0.29, 0.717) is 6.61 Å². The van der Waals surface area contributed by atoms with Gasteiger partial charge in [0.25, 0.3) is 0 Å². The maximum Gasteiger partial charge on any atom is 0.0613 e. The zero-order valence-corrected chi connectivity index (χ0v) is 7.94. The molecular formula is C10H16N2O. The van der Waals surface area contributed by atoms with E-state index < -0.39 is 0 Å². The lowest BCUT2D eigenvalue weighted by atomic mass is 10.1. The Morgan fingerprint density at radius 3 is 3.08 bits per heavy atom. The van der Waals surface area contributed by atoms with Crippen LogP contribution in [0.5, 0.6) is 0 Å². The van der Waals surface area contributed by atoms with Gasteiger partial charge < -0.3 is 10.5 Å². The van der Waals surface area contributed by atoms with E-state index in [1.54, 1.807) is 13.3 Å². The van der Waals surface area contributed by atoms with Crippen molar-refractivity contribution in [2.45, 2.75) is 18.9 Å². The SMILES string of the molecule is COCC(N)CCc1cccnc1. The van der Waals surface area contributed by atoms with Gasteiger partial charge in [-0.1, -0.05) is 6.07 Å². The van der Waals surface area contributed by atoms with Crippen LogP contribution in [0.4, 0.5) is 0 Å². The lowest BCUT2D eigenvalue weighted by Gasteiger charge is -2.09. The summed E-state index contributed by atoms with van der Waals surface area (Å²) in [7, 11) is 1.67. The van der Waals surface area contributed by atoms with Gasteiger partial charge in [-0.25, -0.2) is 0 Å². The highest BCUT2D eigenvalue weighted by atomic mass is 16.5. The lowest BCUT2D eigenvalue weighted by molar-refractivity contribution is 0.177. The van der Waals surface area contributed by atoms with Crippen molar-refractivity contribution in [1.29, 1.82) is 0 Å². The van der Waals surface area contributed by atoms with E-state index in [9.17, 15) is 0 Å². The molecule has 3 nitrogen and oxygen atoms in total. The molecule has 1 aromatic rings. The van der Waals surface area contributed by atoms with Gasteiger partial charge in [0, 0.05) is 25.5 Å². The summed E-state index contributed by atoms with van der Waals surface area (Å²) < 4.78 is 4.95. The molecule has 0 aliphatic carbocycles. The number of nitrogens with two attached hydrogens (primary N) is 1. The molecule has 1 atom stereocenters. The summed E-state index contributed by atoms with van der Waals surface area (Å²) >= 11 is 0. The number of hydrogen-bond acceptors (Lipinski definition) is 3. The first kappa shape index (κ1) is 10.2. The molecule has 0 bridgehead atoms. The third-order valence-electron chi connectivity index (χ3n) is 1.91. The third-order valence-corrected chi connectivity index (χ3v) is 1.91. The van der Waals surface area contributed by atoms with Crippen molar-refractivity contribution in [1.82, 2.24) is 4.98 Å². The number of aromatic nitrogens is 1. The largest absolute Gasteiger partial charge is 0.383 e. The van der Waals surface area contributed by atoms with E-state index in [1.807, 2.05) is 12.3 Å². The van der Waals surface area contributed by atoms with Crippen molar-refractivity contribution in [2.75, 3.05) is 13.7 Å². The van der Waals surface area contributed by atoms with Crippen LogP contribution < -0.4 is 5.73 Å². The Labute approximate surface area is 78.9 Å². The van der Waals surface area contributed by atoms with Gasteiger partial charge >= 0.3 is 0 Å². The van der Waals surface area contributed by atoms with Crippen LogP contribution in [0.25, 0.3) is 0 Å². The number of nitrogens with zero attached hydrogens (tertiary/aromatic N) is 1. The van der Waals surface area contributed by atoms with Crippen molar-refractivity contribution >= 4 is 0 Å². The number of pyridine rings is 1. The molecule has 0 spiro atoms. The van der Waals surface area contributed by atoms with Crippen molar-refractivity contribution in [3.8, 4) is 0 Å². The minimum Gasteiger partial charge on any atom is -0.383 e. The van der Waals surface area contributed by atoms with E-state index in [1.165, 1.54) is 5.56 Å². The smallest absolute Gasteiger partial charge is 0.0613 e. The maximum atomic E-state index is 5.79. The van der Waals surface area contributed by atoms with Crippen LogP contribution in [0.15, 0.2) is 24.5 Å². The van der Waals surface area contributed by atoms with Crippen LogP contribution in [0.2, 0.25) is 0 Å². The summed E-state index contributed by atoms with van der Waals surface area (Å²) in [5.74, 6) is 0. The molecule has 0 aliphatic heterocycles. The van der Waals surface area contributed by atoms with Gasteiger partial charge in [-0.05, 0) is 24.5 Å². The van der Waals surface area contributed by atoms with Gasteiger partial charge in [-0.3, -0.25) is 4.98 Å². The van der Waals surface area contributed by atoms with Crippen LogP contribution in [-0.4, -0.2) is 24.7 Å². The minimum absolute atomic E-state index is 0.130. The molecule has 1 rings (SSSR count). The summed E-state index contributed by atoms with van der Waals surface area (Å²) in [4.78, 5) is 4.04. The summed E-state index contributed by atoms with van der Waals surface area (Å²) in [5, 5.41) is 0. The molecule has 0 aliphatic rings. The van der Waals surface area contributed by atoms with Crippen LogP contribution in [-0.2, 0) is 11.2 Å². The quantitative estimate of drug-likeness (QED) is 0.735. The molecule has 72 valence electrons. The monoisotopic (exact) mass is 180 g/mol. The fourth-order valence-electron chi connectivity index (χ4n) is 1.20. The number of methoxy groups -OCH3 is 1. The number of rotatable bonds is 5. The van der Waals surface area contributed by atoms with Crippen molar-refractivity contribution in [3.05, 3.63) is 30.1 Å². The number of aryl methyl sites for hydroxylation is 1. The normalized spacial score (nSPS) is 12.8. The van der Waals surface area contributed by atoms with E-state index in [2.05, 4.69) is 11.1 Å². The summed E-state index contributed by atoms with van der Waals surface area (Å²) in [6.45, 7) is 0.625. The molecule has 0 amide bonds. The van der Waals surface area contributed by atoms with E-state index in [-0.39, 0.29) is 6.04 Å². The highest BCUT2D eigenvalue weighted by molar-refractivity contribution is 5.08. The number of hydrogen-bond donors (Lipinski definition) is 1. The maximum absolute atomic E-state index is 5.79. The Kier molecular flexibility index (Phi) is 4.43. The molecule has 1 heterocycles. The van der Waals surface area contributed by atoms with Crippen molar-refractivity contribution < 1.29 is 4.74 Å². The molecule has 0 saturated heterocycles. The predicted octanol–water partition coefficient (Wildman–Crippen LogP) is 0.988. The van der Waals surface area contributed by atoms with E-state index in [4.69, 9.17) is 10.5 Å². The molecule has 2 N–H and O–H groups in total. The molecule has 0 radical (unpaired) electrons. The molecule has 3 heteroatoms. The summed E-state index contributed by atoms with van der Waals surface area (Å²) in [5.41, 5.74) is 7.02. The van der Waals surface area contributed by atoms with E-state index >= 15 is 0 Å². The zero-order chi connectivity index (χ0) is 9.52. The first-order chi connectivity index (χ1) is 6.33.